The fourth-order valence-corrected chi connectivity index (χ4v) is 2.12. The van der Waals surface area contributed by atoms with Gasteiger partial charge in [0.2, 0.25) is 0 Å². The smallest absolute Gasteiger partial charge is 0.189 e. The van der Waals surface area contributed by atoms with Gasteiger partial charge >= 0.3 is 0 Å². The zero-order valence-corrected chi connectivity index (χ0v) is 11.8. The van der Waals surface area contributed by atoms with Crippen LogP contribution in [0.25, 0.3) is 6.08 Å². The number of hydrogen-bond acceptors (Lipinski definition) is 2. The van der Waals surface area contributed by atoms with Crippen molar-refractivity contribution in [1.29, 1.82) is 0 Å². The Morgan fingerprint density at radius 1 is 1.39 bits per heavy atom. The minimum Gasteiger partial charge on any atom is -0.289 e. The van der Waals surface area contributed by atoms with Gasteiger partial charge in [0.25, 0.3) is 0 Å². The van der Waals surface area contributed by atoms with Crippen molar-refractivity contribution in [2.24, 2.45) is 7.05 Å². The first kappa shape index (κ1) is 12.8. The Kier molecular flexibility index (Phi) is 3.77. The molecule has 1 aromatic carbocycles. The molecule has 0 N–H and O–H groups in total. The molecule has 0 saturated carbocycles. The van der Waals surface area contributed by atoms with E-state index < -0.39 is 0 Å². The molecule has 1 aromatic heterocycles. The molecule has 0 aliphatic carbocycles. The first-order valence-electron chi connectivity index (χ1n) is 5.55. The van der Waals surface area contributed by atoms with Gasteiger partial charge in [0.1, 0.15) is 0 Å². The first-order valence-corrected chi connectivity index (χ1v) is 6.34. The van der Waals surface area contributed by atoms with Gasteiger partial charge in [-0.25, -0.2) is 0 Å². The number of carbonyl (C=O) groups excluding carboxylic acids is 1. The molecule has 0 fully saturated rings. The molecule has 18 heavy (non-hydrogen) atoms. The second-order valence-electron chi connectivity index (χ2n) is 4.02. The minimum absolute atomic E-state index is 0.0312. The van der Waals surface area contributed by atoms with Crippen LogP contribution in [0.5, 0.6) is 0 Å². The second-order valence-corrected chi connectivity index (χ2v) is 4.88. The van der Waals surface area contributed by atoms with Gasteiger partial charge in [-0.15, -0.1) is 0 Å². The van der Waals surface area contributed by atoms with Crippen LogP contribution in [0.1, 0.15) is 21.6 Å². The third-order valence-electron chi connectivity index (χ3n) is 2.60. The summed E-state index contributed by atoms with van der Waals surface area (Å²) in [7, 11) is 1.81. The Labute approximate surface area is 114 Å². The standard InChI is InChI=1S/C14H13BrN2O/c1-10-12(9-17(2)16-10)14(18)8-7-11-5-3-4-6-13(11)15/h3-9H,1-2H3/b8-7+. The highest BCUT2D eigenvalue weighted by Gasteiger charge is 2.09. The zero-order chi connectivity index (χ0) is 13.1. The molecule has 4 heteroatoms. The molecule has 1 heterocycles. The number of aryl methyl sites for hydroxylation is 2. The fraction of sp³-hybridized carbons (Fsp3) is 0.143. The highest BCUT2D eigenvalue weighted by Crippen LogP contribution is 2.17. The average Bonchev–Trinajstić information content (AvgIpc) is 2.67. The molecular weight excluding hydrogens is 292 g/mol. The number of hydrogen-bond donors (Lipinski definition) is 0. The summed E-state index contributed by atoms with van der Waals surface area (Å²) in [6.45, 7) is 1.83. The van der Waals surface area contributed by atoms with Crippen molar-refractivity contribution in [3.8, 4) is 0 Å². The van der Waals surface area contributed by atoms with Gasteiger partial charge < -0.3 is 0 Å². The summed E-state index contributed by atoms with van der Waals surface area (Å²) in [4.78, 5) is 12.0. The summed E-state index contributed by atoms with van der Waals surface area (Å²) < 4.78 is 2.62. The maximum atomic E-state index is 12.0. The van der Waals surface area contributed by atoms with Crippen LogP contribution in [0.15, 0.2) is 41.0 Å². The predicted molar refractivity (Wildman–Crippen MR) is 75.5 cm³/mol. The van der Waals surface area contributed by atoms with E-state index in [1.165, 1.54) is 0 Å². The topological polar surface area (TPSA) is 34.9 Å². The molecule has 0 aliphatic heterocycles. The Bertz CT molecular complexity index is 614. The molecular formula is C14H13BrN2O. The van der Waals surface area contributed by atoms with E-state index in [0.29, 0.717) is 5.56 Å². The quantitative estimate of drug-likeness (QED) is 0.643. The molecule has 0 atom stereocenters. The SMILES string of the molecule is Cc1nn(C)cc1C(=O)/C=C/c1ccccc1Br. The van der Waals surface area contributed by atoms with Crippen LogP contribution < -0.4 is 0 Å². The molecule has 0 saturated heterocycles. The largest absolute Gasteiger partial charge is 0.289 e. The van der Waals surface area contributed by atoms with Gasteiger partial charge in [0, 0.05) is 17.7 Å². The maximum Gasteiger partial charge on any atom is 0.189 e. The number of rotatable bonds is 3. The van der Waals surface area contributed by atoms with Gasteiger partial charge in [0.15, 0.2) is 5.78 Å². The summed E-state index contributed by atoms with van der Waals surface area (Å²) in [5.74, 6) is -0.0312. The summed E-state index contributed by atoms with van der Waals surface area (Å²) >= 11 is 3.44. The third kappa shape index (κ3) is 2.76. The number of benzene rings is 1. The Morgan fingerprint density at radius 3 is 2.72 bits per heavy atom. The van der Waals surface area contributed by atoms with E-state index in [1.54, 1.807) is 30.1 Å². The van der Waals surface area contributed by atoms with Gasteiger partial charge in [-0.2, -0.15) is 5.10 Å². The van der Waals surface area contributed by atoms with Crippen LogP contribution in [-0.2, 0) is 7.05 Å². The number of allylic oxidation sites excluding steroid dienone is 1. The lowest BCUT2D eigenvalue weighted by Crippen LogP contribution is -1.94. The van der Waals surface area contributed by atoms with Crippen LogP contribution in [0.3, 0.4) is 0 Å². The molecule has 0 radical (unpaired) electrons. The molecule has 2 aromatic rings. The normalized spacial score (nSPS) is 11.1. The molecule has 92 valence electrons. The van der Waals surface area contributed by atoms with Crippen molar-refractivity contribution >= 4 is 27.8 Å². The Balaban J connectivity index is 2.22. The van der Waals surface area contributed by atoms with E-state index >= 15 is 0 Å². The summed E-state index contributed by atoms with van der Waals surface area (Å²) in [6, 6.07) is 7.77. The molecule has 0 spiro atoms. The van der Waals surface area contributed by atoms with Crippen molar-refractivity contribution in [2.45, 2.75) is 6.92 Å². The van der Waals surface area contributed by atoms with Crippen molar-refractivity contribution in [2.75, 3.05) is 0 Å². The molecule has 0 bridgehead atoms. The van der Waals surface area contributed by atoms with Crippen LogP contribution in [-0.4, -0.2) is 15.6 Å². The van der Waals surface area contributed by atoms with Crippen molar-refractivity contribution in [3.05, 3.63) is 57.8 Å². The summed E-state index contributed by atoms with van der Waals surface area (Å²) in [5, 5.41) is 4.16. The number of nitrogens with zero attached hydrogens (tertiary/aromatic N) is 2. The van der Waals surface area contributed by atoms with E-state index in [-0.39, 0.29) is 5.78 Å². The number of ketones is 1. The van der Waals surface area contributed by atoms with E-state index in [4.69, 9.17) is 0 Å². The van der Waals surface area contributed by atoms with Crippen LogP contribution in [0.2, 0.25) is 0 Å². The number of aromatic nitrogens is 2. The van der Waals surface area contributed by atoms with Gasteiger partial charge in [-0.05, 0) is 30.7 Å². The zero-order valence-electron chi connectivity index (χ0n) is 10.2. The van der Waals surface area contributed by atoms with Crippen LogP contribution in [0, 0.1) is 6.92 Å². The van der Waals surface area contributed by atoms with E-state index in [9.17, 15) is 4.79 Å². The lowest BCUT2D eigenvalue weighted by atomic mass is 10.1. The highest BCUT2D eigenvalue weighted by molar-refractivity contribution is 9.10. The van der Waals surface area contributed by atoms with E-state index in [0.717, 1.165) is 15.7 Å². The lowest BCUT2D eigenvalue weighted by Gasteiger charge is -1.96. The second kappa shape index (κ2) is 5.31. The molecule has 2 rings (SSSR count). The first-order chi connectivity index (χ1) is 8.58. The van der Waals surface area contributed by atoms with Crippen LogP contribution in [0.4, 0.5) is 0 Å². The monoisotopic (exact) mass is 304 g/mol. The third-order valence-corrected chi connectivity index (χ3v) is 3.32. The highest BCUT2D eigenvalue weighted by atomic mass is 79.9. The summed E-state index contributed by atoms with van der Waals surface area (Å²) in [5.41, 5.74) is 2.37. The molecule has 0 unspecified atom stereocenters. The van der Waals surface area contributed by atoms with Gasteiger partial charge in [-0.1, -0.05) is 34.1 Å². The maximum absolute atomic E-state index is 12.0. The van der Waals surface area contributed by atoms with Crippen molar-refractivity contribution in [3.63, 3.8) is 0 Å². The molecule has 3 nitrogen and oxygen atoms in total. The minimum atomic E-state index is -0.0312. The van der Waals surface area contributed by atoms with Gasteiger partial charge in [0.05, 0.1) is 11.3 Å². The van der Waals surface area contributed by atoms with Crippen molar-refractivity contribution < 1.29 is 4.79 Å². The predicted octanol–water partition coefficient (Wildman–Crippen LogP) is 3.39. The Hall–Kier alpha value is -1.68. The average molecular weight is 305 g/mol. The molecule has 0 aliphatic rings. The fourth-order valence-electron chi connectivity index (χ4n) is 1.71. The lowest BCUT2D eigenvalue weighted by molar-refractivity contribution is 0.104. The van der Waals surface area contributed by atoms with Crippen molar-refractivity contribution in [1.82, 2.24) is 9.78 Å². The number of halogens is 1. The van der Waals surface area contributed by atoms with E-state index in [2.05, 4.69) is 21.0 Å². The van der Waals surface area contributed by atoms with Gasteiger partial charge in [-0.3, -0.25) is 9.48 Å². The van der Waals surface area contributed by atoms with Crippen LogP contribution >= 0.6 is 15.9 Å². The summed E-state index contributed by atoms with van der Waals surface area (Å²) in [6.07, 6.45) is 5.12. The number of carbonyl (C=O) groups is 1. The van der Waals surface area contributed by atoms with E-state index in [1.807, 2.05) is 31.2 Å². The molecule has 0 amide bonds. The Morgan fingerprint density at radius 2 is 2.11 bits per heavy atom.